The molecule has 1 N–H and O–H groups in total. The van der Waals surface area contributed by atoms with E-state index in [2.05, 4.69) is 15.3 Å². The maximum absolute atomic E-state index is 12.5. The van der Waals surface area contributed by atoms with E-state index in [-0.39, 0.29) is 12.5 Å². The molecule has 0 amide bonds. The van der Waals surface area contributed by atoms with Gasteiger partial charge in [0.05, 0.1) is 0 Å². The van der Waals surface area contributed by atoms with E-state index in [0.717, 1.165) is 13.0 Å². The average Bonchev–Trinajstić information content (AvgIpc) is 2.59. The number of hydrogen-bond acceptors (Lipinski definition) is 6. The summed E-state index contributed by atoms with van der Waals surface area (Å²) < 4.78 is 10.7. The van der Waals surface area contributed by atoms with Crippen LogP contribution in [0.5, 0.6) is 0 Å². The van der Waals surface area contributed by atoms with Crippen LogP contribution in [-0.4, -0.2) is 37.7 Å². The molecule has 1 saturated heterocycles. The maximum Gasteiger partial charge on any atom is 0.352 e. The van der Waals surface area contributed by atoms with Crippen LogP contribution in [0.3, 0.4) is 0 Å². The Labute approximate surface area is 139 Å². The van der Waals surface area contributed by atoms with Crippen molar-refractivity contribution in [2.24, 2.45) is 11.0 Å². The molecule has 1 aromatic rings. The molecule has 0 bridgehead atoms. The summed E-state index contributed by atoms with van der Waals surface area (Å²) in [6.07, 6.45) is -0.801. The number of carbonyl (C=O) groups is 2. The van der Waals surface area contributed by atoms with Gasteiger partial charge >= 0.3 is 11.9 Å². The maximum atomic E-state index is 12.5. The van der Waals surface area contributed by atoms with Crippen LogP contribution in [0.25, 0.3) is 10.4 Å². The molecule has 0 aromatic heterocycles. The molecule has 8 nitrogen and oxygen atoms in total. The van der Waals surface area contributed by atoms with Gasteiger partial charge in [0.15, 0.2) is 0 Å². The number of benzene rings is 1. The van der Waals surface area contributed by atoms with E-state index in [1.807, 2.05) is 0 Å². The van der Waals surface area contributed by atoms with Crippen LogP contribution in [0.15, 0.2) is 35.4 Å². The van der Waals surface area contributed by atoms with E-state index in [0.29, 0.717) is 12.1 Å². The van der Waals surface area contributed by atoms with Crippen LogP contribution in [0, 0.1) is 5.92 Å². The highest BCUT2D eigenvalue weighted by atomic mass is 16.6. The van der Waals surface area contributed by atoms with Crippen molar-refractivity contribution in [3.8, 4) is 0 Å². The molecular weight excluding hydrogens is 312 g/mol. The largest absolute Gasteiger partial charge is 0.458 e. The summed E-state index contributed by atoms with van der Waals surface area (Å²) >= 11 is 0. The highest BCUT2D eigenvalue weighted by Gasteiger charge is 2.32. The summed E-state index contributed by atoms with van der Waals surface area (Å²) in [6.45, 7) is 2.75. The van der Waals surface area contributed by atoms with E-state index in [9.17, 15) is 9.59 Å². The van der Waals surface area contributed by atoms with Gasteiger partial charge in [0, 0.05) is 36.4 Å². The molecule has 24 heavy (non-hydrogen) atoms. The molecule has 8 heteroatoms. The van der Waals surface area contributed by atoms with Gasteiger partial charge < -0.3 is 14.8 Å². The zero-order chi connectivity index (χ0) is 17.4. The fourth-order valence-corrected chi connectivity index (χ4v) is 2.63. The lowest BCUT2D eigenvalue weighted by molar-refractivity contribution is -0.173. The second kappa shape index (κ2) is 8.90. The summed E-state index contributed by atoms with van der Waals surface area (Å²) in [4.78, 5) is 26.6. The number of ether oxygens (including phenoxy) is 2. The van der Waals surface area contributed by atoms with E-state index in [4.69, 9.17) is 15.0 Å². The predicted molar refractivity (Wildman–Crippen MR) is 85.8 cm³/mol. The Hall–Kier alpha value is -2.57. The molecule has 1 heterocycles. The zero-order valence-corrected chi connectivity index (χ0v) is 13.4. The Morgan fingerprint density at radius 2 is 2.17 bits per heavy atom. The zero-order valence-electron chi connectivity index (χ0n) is 13.4. The quantitative estimate of drug-likeness (QED) is 0.371. The Balaban J connectivity index is 2.10. The molecule has 1 aliphatic rings. The van der Waals surface area contributed by atoms with Crippen molar-refractivity contribution >= 4 is 11.9 Å². The minimum atomic E-state index is -1.11. The number of rotatable bonds is 6. The van der Waals surface area contributed by atoms with Crippen molar-refractivity contribution in [3.63, 3.8) is 0 Å². The minimum Gasteiger partial charge on any atom is -0.458 e. The first-order valence-corrected chi connectivity index (χ1v) is 7.76. The number of nitrogens with zero attached hydrogens (tertiary/aromatic N) is 3. The Morgan fingerprint density at radius 1 is 1.42 bits per heavy atom. The summed E-state index contributed by atoms with van der Waals surface area (Å²) in [5.74, 6) is -1.25. The molecule has 128 valence electrons. The van der Waals surface area contributed by atoms with Crippen molar-refractivity contribution in [2.75, 3.05) is 19.6 Å². The number of esters is 2. The van der Waals surface area contributed by atoms with Gasteiger partial charge in [-0.05, 0) is 18.5 Å². The fraction of sp³-hybridized carbons (Fsp3) is 0.500. The molecule has 0 spiro atoms. The van der Waals surface area contributed by atoms with Gasteiger partial charge in [-0.25, -0.2) is 4.79 Å². The van der Waals surface area contributed by atoms with E-state index < -0.39 is 24.1 Å². The van der Waals surface area contributed by atoms with Crippen LogP contribution < -0.4 is 5.32 Å². The van der Waals surface area contributed by atoms with Gasteiger partial charge in [-0.1, -0.05) is 35.4 Å². The lowest BCUT2D eigenvalue weighted by Gasteiger charge is -2.31. The molecule has 0 saturated carbocycles. The summed E-state index contributed by atoms with van der Waals surface area (Å²) in [6, 6.07) is 8.72. The summed E-state index contributed by atoms with van der Waals surface area (Å²) in [5.41, 5.74) is 9.03. The number of piperidine rings is 1. The summed E-state index contributed by atoms with van der Waals surface area (Å²) in [7, 11) is 0. The first-order valence-electron chi connectivity index (χ1n) is 7.76. The first-order chi connectivity index (χ1) is 11.6. The van der Waals surface area contributed by atoms with Crippen LogP contribution in [0.4, 0.5) is 0 Å². The highest BCUT2D eigenvalue weighted by molar-refractivity contribution is 5.80. The molecular formula is C16H20N4O4. The molecule has 0 unspecified atom stereocenters. The van der Waals surface area contributed by atoms with Crippen LogP contribution >= 0.6 is 0 Å². The van der Waals surface area contributed by atoms with E-state index in [1.54, 1.807) is 30.3 Å². The third-order valence-corrected chi connectivity index (χ3v) is 3.81. The molecule has 0 aliphatic carbocycles. The molecule has 0 radical (unpaired) electrons. The van der Waals surface area contributed by atoms with Gasteiger partial charge in [-0.15, -0.1) is 0 Å². The first kappa shape index (κ1) is 17.8. The topological polar surface area (TPSA) is 113 Å². The standard InChI is InChI=1S/C16H20N4O4/c1-11(21)23-15(12-5-3-2-4-6-12)16(22)24-14-10-18-8-7-13(14)9-19-20-17/h2-6,13-15,18H,7-10H2,1H3/t13-,14+,15-/m1/s1. The van der Waals surface area contributed by atoms with Gasteiger partial charge in [0.25, 0.3) is 0 Å². The average molecular weight is 332 g/mol. The fourth-order valence-electron chi connectivity index (χ4n) is 2.63. The van der Waals surface area contributed by atoms with Crippen molar-refractivity contribution in [2.45, 2.75) is 25.6 Å². The third kappa shape index (κ3) is 4.97. The van der Waals surface area contributed by atoms with Gasteiger partial charge in [0.1, 0.15) is 6.10 Å². The lowest BCUT2D eigenvalue weighted by atomic mass is 9.95. The number of hydrogen-bond donors (Lipinski definition) is 1. The smallest absolute Gasteiger partial charge is 0.352 e. The number of carbonyl (C=O) groups excluding carboxylic acids is 2. The monoisotopic (exact) mass is 332 g/mol. The van der Waals surface area contributed by atoms with Crippen molar-refractivity contribution < 1.29 is 19.1 Å². The van der Waals surface area contributed by atoms with E-state index in [1.165, 1.54) is 6.92 Å². The Kier molecular flexibility index (Phi) is 6.60. The minimum absolute atomic E-state index is 0.0557. The molecule has 2 rings (SSSR count). The second-order valence-corrected chi connectivity index (χ2v) is 5.54. The summed E-state index contributed by atoms with van der Waals surface area (Å²) in [5, 5.41) is 6.73. The predicted octanol–water partition coefficient (Wildman–Crippen LogP) is 2.12. The van der Waals surface area contributed by atoms with Crippen molar-refractivity contribution in [3.05, 3.63) is 46.3 Å². The number of azide groups is 1. The molecule has 1 aliphatic heterocycles. The van der Waals surface area contributed by atoms with E-state index >= 15 is 0 Å². The van der Waals surface area contributed by atoms with Gasteiger partial charge in [-0.3, -0.25) is 4.79 Å². The molecule has 3 atom stereocenters. The van der Waals surface area contributed by atoms with Crippen LogP contribution in [-0.2, 0) is 19.1 Å². The normalized spacial score (nSPS) is 21.2. The van der Waals surface area contributed by atoms with Crippen molar-refractivity contribution in [1.82, 2.24) is 5.32 Å². The van der Waals surface area contributed by atoms with Gasteiger partial charge in [-0.2, -0.15) is 0 Å². The SMILES string of the molecule is CC(=O)O[C@@H](C(=O)O[C@H]1CNCC[C@@H]1CN=[N+]=[N-])c1ccccc1. The Bertz CT molecular complexity index is 616. The van der Waals surface area contributed by atoms with Gasteiger partial charge in [0.2, 0.25) is 6.10 Å². The highest BCUT2D eigenvalue weighted by Crippen LogP contribution is 2.23. The lowest BCUT2D eigenvalue weighted by Crippen LogP contribution is -2.45. The van der Waals surface area contributed by atoms with Crippen LogP contribution in [0.2, 0.25) is 0 Å². The molecule has 1 fully saturated rings. The van der Waals surface area contributed by atoms with Crippen molar-refractivity contribution in [1.29, 1.82) is 0 Å². The second-order valence-electron chi connectivity index (χ2n) is 5.54. The Morgan fingerprint density at radius 3 is 2.83 bits per heavy atom. The molecule has 1 aromatic carbocycles. The third-order valence-electron chi connectivity index (χ3n) is 3.81. The number of nitrogens with one attached hydrogen (secondary N) is 1. The van der Waals surface area contributed by atoms with Crippen LogP contribution in [0.1, 0.15) is 25.0 Å².